The number of methoxy groups -OCH3 is 1. The van der Waals surface area contributed by atoms with Gasteiger partial charge in [0.25, 0.3) is 0 Å². The van der Waals surface area contributed by atoms with Crippen molar-refractivity contribution in [2.24, 2.45) is 0 Å². The number of carbonyl (C=O) groups excluding carboxylic acids is 2. The quantitative estimate of drug-likeness (QED) is 0.413. The molecule has 0 aromatic heterocycles. The first-order valence-electron chi connectivity index (χ1n) is 11.0. The molecule has 5 rings (SSSR count). The van der Waals surface area contributed by atoms with Gasteiger partial charge in [0.2, 0.25) is 0 Å². The molecule has 0 radical (unpaired) electrons. The Bertz CT molecular complexity index is 1440. The molecule has 0 amide bonds. The van der Waals surface area contributed by atoms with Crippen LogP contribution in [0, 0.1) is 5.82 Å². The maximum atomic E-state index is 13.7. The number of nitrogens with one attached hydrogen (secondary N) is 1. The Kier molecular flexibility index (Phi) is 6.03. The van der Waals surface area contributed by atoms with Crippen LogP contribution < -0.4 is 10.1 Å². The van der Waals surface area contributed by atoms with Crippen molar-refractivity contribution in [2.45, 2.75) is 19.4 Å². The molecule has 1 N–H and O–H groups in total. The van der Waals surface area contributed by atoms with Crippen molar-refractivity contribution in [1.29, 1.82) is 0 Å². The third kappa shape index (κ3) is 4.06. The number of fused-ring (bicyclic) bond motifs is 2. The summed E-state index contributed by atoms with van der Waals surface area (Å²) in [5.41, 5.74) is 4.73. The van der Waals surface area contributed by atoms with Gasteiger partial charge < -0.3 is 14.8 Å². The van der Waals surface area contributed by atoms with Crippen molar-refractivity contribution < 1.29 is 23.5 Å². The van der Waals surface area contributed by atoms with Gasteiger partial charge in [-0.1, -0.05) is 52.3 Å². The number of ketones is 1. The van der Waals surface area contributed by atoms with Gasteiger partial charge in [-0.25, -0.2) is 9.18 Å². The standard InChI is InChI=1S/C28H21BrFNO4/c1-15-23(28(33)34-2)24(25-26(31-15)19-8-3-4-9-20(19)27(25)32)21-13-17(29)10-11-22(21)35-14-16-6-5-7-18(30)12-16/h3-13,24,31H,14H2,1-2H3/t24-/m0/s1. The highest BCUT2D eigenvalue weighted by Gasteiger charge is 2.43. The van der Waals surface area contributed by atoms with Crippen LogP contribution in [0.5, 0.6) is 5.75 Å². The number of esters is 1. The lowest BCUT2D eigenvalue weighted by Gasteiger charge is -2.30. The lowest BCUT2D eigenvalue weighted by molar-refractivity contribution is -0.136. The number of Topliss-reactive ketones (excluding diaryl/α,β-unsaturated/α-hetero) is 1. The lowest BCUT2D eigenvalue weighted by Crippen LogP contribution is -2.29. The molecule has 1 heterocycles. The topological polar surface area (TPSA) is 64.6 Å². The number of carbonyl (C=O) groups is 2. The molecule has 0 bridgehead atoms. The number of allylic oxidation sites excluding steroid dienone is 2. The Morgan fingerprint density at radius 3 is 2.57 bits per heavy atom. The highest BCUT2D eigenvalue weighted by atomic mass is 79.9. The van der Waals surface area contributed by atoms with Crippen LogP contribution >= 0.6 is 15.9 Å². The number of hydrogen-bond acceptors (Lipinski definition) is 5. The summed E-state index contributed by atoms with van der Waals surface area (Å²) in [5, 5.41) is 3.27. The Hall–Kier alpha value is -3.71. The fourth-order valence-corrected chi connectivity index (χ4v) is 5.06. The van der Waals surface area contributed by atoms with Gasteiger partial charge in [-0.15, -0.1) is 0 Å². The van der Waals surface area contributed by atoms with E-state index < -0.39 is 11.9 Å². The van der Waals surface area contributed by atoms with Gasteiger partial charge in [0.05, 0.1) is 24.3 Å². The van der Waals surface area contributed by atoms with E-state index >= 15 is 0 Å². The lowest BCUT2D eigenvalue weighted by atomic mass is 9.79. The molecule has 0 spiro atoms. The minimum absolute atomic E-state index is 0.119. The summed E-state index contributed by atoms with van der Waals surface area (Å²) in [6.45, 7) is 1.91. The third-order valence-electron chi connectivity index (χ3n) is 6.22. The molecule has 1 aliphatic carbocycles. The zero-order valence-corrected chi connectivity index (χ0v) is 20.6. The summed E-state index contributed by atoms with van der Waals surface area (Å²) < 4.78 is 25.7. The predicted octanol–water partition coefficient (Wildman–Crippen LogP) is 5.91. The highest BCUT2D eigenvalue weighted by molar-refractivity contribution is 9.10. The second kappa shape index (κ2) is 9.15. The third-order valence-corrected chi connectivity index (χ3v) is 6.71. The molecule has 3 aromatic rings. The summed E-state index contributed by atoms with van der Waals surface area (Å²) in [6.07, 6.45) is 0. The molecule has 3 aromatic carbocycles. The Morgan fingerprint density at radius 2 is 1.83 bits per heavy atom. The maximum Gasteiger partial charge on any atom is 0.336 e. The van der Waals surface area contributed by atoms with Gasteiger partial charge in [-0.2, -0.15) is 0 Å². The van der Waals surface area contributed by atoms with E-state index in [0.717, 1.165) is 10.0 Å². The minimum Gasteiger partial charge on any atom is -0.489 e. The highest BCUT2D eigenvalue weighted by Crippen LogP contribution is 2.49. The maximum absolute atomic E-state index is 13.7. The number of halogens is 2. The molecule has 1 aliphatic heterocycles. The van der Waals surface area contributed by atoms with Crippen LogP contribution in [0.15, 0.2) is 88.0 Å². The summed E-state index contributed by atoms with van der Waals surface area (Å²) in [5.74, 6) is -1.28. The summed E-state index contributed by atoms with van der Waals surface area (Å²) in [7, 11) is 1.32. The van der Waals surface area contributed by atoms with E-state index in [-0.39, 0.29) is 18.2 Å². The molecule has 5 nitrogen and oxygen atoms in total. The summed E-state index contributed by atoms with van der Waals surface area (Å²) in [4.78, 5) is 26.6. The van der Waals surface area contributed by atoms with E-state index in [1.54, 1.807) is 31.2 Å². The molecule has 0 fully saturated rings. The van der Waals surface area contributed by atoms with Crippen LogP contribution in [0.3, 0.4) is 0 Å². The van der Waals surface area contributed by atoms with E-state index in [1.165, 1.54) is 19.2 Å². The Morgan fingerprint density at radius 1 is 1.06 bits per heavy atom. The summed E-state index contributed by atoms with van der Waals surface area (Å²) in [6, 6.07) is 19.0. The number of dihydropyridines is 1. The van der Waals surface area contributed by atoms with Crippen LogP contribution in [0.1, 0.15) is 39.9 Å². The van der Waals surface area contributed by atoms with Crippen molar-refractivity contribution >= 4 is 33.4 Å². The molecular formula is C28H21BrFNO4. The van der Waals surface area contributed by atoms with Crippen LogP contribution in [-0.2, 0) is 16.1 Å². The smallest absolute Gasteiger partial charge is 0.336 e. The molecule has 0 saturated carbocycles. The van der Waals surface area contributed by atoms with Crippen LogP contribution in [-0.4, -0.2) is 18.9 Å². The Labute approximate surface area is 210 Å². The number of benzene rings is 3. The first kappa shape index (κ1) is 23.1. The number of hydrogen-bond donors (Lipinski definition) is 1. The van der Waals surface area contributed by atoms with Crippen molar-refractivity contribution in [3.8, 4) is 5.75 Å². The van der Waals surface area contributed by atoms with Crippen molar-refractivity contribution in [3.05, 3.63) is 116 Å². The van der Waals surface area contributed by atoms with Crippen molar-refractivity contribution in [2.75, 3.05) is 7.11 Å². The number of ether oxygens (including phenoxy) is 2. The van der Waals surface area contributed by atoms with E-state index in [4.69, 9.17) is 9.47 Å². The fourth-order valence-electron chi connectivity index (χ4n) is 4.68. The van der Waals surface area contributed by atoms with Crippen LogP contribution in [0.4, 0.5) is 4.39 Å². The second-order valence-electron chi connectivity index (χ2n) is 8.35. The predicted molar refractivity (Wildman–Crippen MR) is 133 cm³/mol. The van der Waals surface area contributed by atoms with Gasteiger partial charge in [-0.3, -0.25) is 4.79 Å². The Balaban J connectivity index is 1.65. The van der Waals surface area contributed by atoms with Gasteiger partial charge in [-0.05, 0) is 42.8 Å². The summed E-state index contributed by atoms with van der Waals surface area (Å²) >= 11 is 3.52. The monoisotopic (exact) mass is 533 g/mol. The van der Waals surface area contributed by atoms with E-state index in [9.17, 15) is 14.0 Å². The van der Waals surface area contributed by atoms with Crippen molar-refractivity contribution in [1.82, 2.24) is 5.32 Å². The molecule has 35 heavy (non-hydrogen) atoms. The van der Waals surface area contributed by atoms with E-state index in [1.807, 2.05) is 30.3 Å². The van der Waals surface area contributed by atoms with E-state index in [0.29, 0.717) is 45.0 Å². The molecule has 2 aliphatic rings. The SMILES string of the molecule is COC(=O)C1=C(C)NC2=C(C(=O)c3ccccc32)[C@H]1c1cc(Br)ccc1OCc1cccc(F)c1. The van der Waals surface area contributed by atoms with Crippen LogP contribution in [0.2, 0.25) is 0 Å². The first-order valence-corrected chi connectivity index (χ1v) is 11.8. The number of rotatable bonds is 5. The molecule has 7 heteroatoms. The second-order valence-corrected chi connectivity index (χ2v) is 9.27. The molecular weight excluding hydrogens is 513 g/mol. The zero-order valence-electron chi connectivity index (χ0n) is 19.0. The largest absolute Gasteiger partial charge is 0.489 e. The minimum atomic E-state index is -0.724. The van der Waals surface area contributed by atoms with Crippen molar-refractivity contribution in [3.63, 3.8) is 0 Å². The molecule has 0 unspecified atom stereocenters. The van der Waals surface area contributed by atoms with Gasteiger partial charge >= 0.3 is 5.97 Å². The average Bonchev–Trinajstić information content (AvgIpc) is 3.13. The van der Waals surface area contributed by atoms with Crippen LogP contribution in [0.25, 0.3) is 5.70 Å². The first-order chi connectivity index (χ1) is 16.9. The molecule has 0 saturated heterocycles. The normalized spacial score (nSPS) is 16.6. The fraction of sp³-hybridized carbons (Fsp3) is 0.143. The average molecular weight is 534 g/mol. The van der Waals surface area contributed by atoms with Gasteiger partial charge in [0, 0.05) is 32.4 Å². The van der Waals surface area contributed by atoms with Gasteiger partial charge in [0.15, 0.2) is 5.78 Å². The molecule has 176 valence electrons. The molecule has 1 atom stereocenters. The zero-order chi connectivity index (χ0) is 24.7. The van der Waals surface area contributed by atoms with Gasteiger partial charge in [0.1, 0.15) is 18.2 Å². The van der Waals surface area contributed by atoms with E-state index in [2.05, 4.69) is 21.2 Å².